The van der Waals surface area contributed by atoms with E-state index in [1.807, 2.05) is 24.3 Å². The Bertz CT molecular complexity index is 931. The van der Waals surface area contributed by atoms with Crippen molar-refractivity contribution in [2.24, 2.45) is 0 Å². The lowest BCUT2D eigenvalue weighted by atomic mass is 10.1. The first-order chi connectivity index (χ1) is 11.8. The molecule has 24 heavy (non-hydrogen) atoms. The largest absolute Gasteiger partial charge is 0.477 e. The summed E-state index contributed by atoms with van der Waals surface area (Å²) >= 11 is 0. The second-order valence-electron chi connectivity index (χ2n) is 5.58. The molecule has 3 aromatic rings. The van der Waals surface area contributed by atoms with Crippen molar-refractivity contribution in [3.05, 3.63) is 65.1 Å². The van der Waals surface area contributed by atoms with Crippen molar-refractivity contribution in [3.8, 4) is 17.0 Å². The topological polar surface area (TPSA) is 64.8 Å². The summed E-state index contributed by atoms with van der Waals surface area (Å²) in [4.78, 5) is 12.9. The molecule has 0 aliphatic carbocycles. The van der Waals surface area contributed by atoms with Crippen LogP contribution in [0, 0.1) is 0 Å². The summed E-state index contributed by atoms with van der Waals surface area (Å²) in [5.41, 5.74) is 1.25. The number of hydrogen-bond acceptors (Lipinski definition) is 4. The van der Waals surface area contributed by atoms with E-state index in [1.54, 1.807) is 35.0 Å². The molecule has 6 nitrogen and oxygen atoms in total. The highest BCUT2D eigenvalue weighted by Crippen LogP contribution is 2.26. The van der Waals surface area contributed by atoms with Gasteiger partial charge in [0.25, 0.3) is 11.5 Å². The minimum absolute atomic E-state index is 0.0866. The van der Waals surface area contributed by atoms with Gasteiger partial charge in [-0.25, -0.2) is 4.79 Å². The third-order valence-corrected chi connectivity index (χ3v) is 4.11. The van der Waals surface area contributed by atoms with E-state index >= 15 is 0 Å². The Balaban J connectivity index is 1.97. The summed E-state index contributed by atoms with van der Waals surface area (Å²) in [5.74, 6) is -0.0866. The maximum Gasteiger partial charge on any atom is 0.354 e. The van der Waals surface area contributed by atoms with Crippen LogP contribution in [0.15, 0.2) is 59.5 Å². The first kappa shape index (κ1) is 14.9. The molecule has 1 aliphatic heterocycles. The van der Waals surface area contributed by atoms with E-state index in [1.165, 1.54) is 4.40 Å². The summed E-state index contributed by atoms with van der Waals surface area (Å²) in [5, 5.41) is 10.8. The molecule has 0 bridgehead atoms. The summed E-state index contributed by atoms with van der Waals surface area (Å²) in [6, 6.07) is 14.5. The molecule has 1 N–H and O–H groups in total. The molecule has 122 valence electrons. The molecular weight excluding hydrogens is 308 g/mol. The summed E-state index contributed by atoms with van der Waals surface area (Å²) in [6.07, 6.45) is 1.25. The van der Waals surface area contributed by atoms with Crippen LogP contribution in [0.4, 0.5) is 0 Å². The van der Waals surface area contributed by atoms with Gasteiger partial charge in [0.15, 0.2) is 11.9 Å². The molecule has 0 atom stereocenters. The highest BCUT2D eigenvalue weighted by molar-refractivity contribution is 5.67. The predicted molar refractivity (Wildman–Crippen MR) is 86.7 cm³/mol. The van der Waals surface area contributed by atoms with Crippen LogP contribution < -0.4 is 9.96 Å². The van der Waals surface area contributed by atoms with E-state index in [2.05, 4.69) is 0 Å². The monoisotopic (exact) mass is 325 g/mol. The molecule has 0 radical (unpaired) electrons. The van der Waals surface area contributed by atoms with Gasteiger partial charge in [-0.3, -0.25) is 0 Å². The lowest BCUT2D eigenvalue weighted by molar-refractivity contribution is -0.532. The van der Waals surface area contributed by atoms with Gasteiger partial charge in [-0.15, -0.1) is 0 Å². The Hall–Kier alpha value is -2.70. The summed E-state index contributed by atoms with van der Waals surface area (Å²) in [7, 11) is 0. The van der Waals surface area contributed by atoms with E-state index < -0.39 is 6.29 Å². The maximum atomic E-state index is 12.9. The van der Waals surface area contributed by atoms with Gasteiger partial charge in [0.2, 0.25) is 0 Å². The molecule has 0 saturated carbocycles. The summed E-state index contributed by atoms with van der Waals surface area (Å²) in [6.45, 7) is 1.37. The number of nitrogens with zero attached hydrogens (tertiary/aromatic N) is 2. The predicted octanol–water partition coefficient (Wildman–Crippen LogP) is 1.33. The van der Waals surface area contributed by atoms with Crippen LogP contribution in [-0.4, -0.2) is 29.2 Å². The maximum absolute atomic E-state index is 12.9. The van der Waals surface area contributed by atoms with Crippen molar-refractivity contribution < 1.29 is 19.0 Å². The summed E-state index contributed by atoms with van der Waals surface area (Å²) < 4.78 is 14.2. The molecule has 6 heteroatoms. The molecule has 0 spiro atoms. The first-order valence-corrected chi connectivity index (χ1v) is 7.80. The number of aromatic hydroxyl groups is 1. The zero-order chi connectivity index (χ0) is 16.5. The van der Waals surface area contributed by atoms with Crippen molar-refractivity contribution in [3.63, 3.8) is 0 Å². The van der Waals surface area contributed by atoms with Crippen molar-refractivity contribution >= 4 is 5.65 Å². The van der Waals surface area contributed by atoms with Gasteiger partial charge in [0.05, 0.1) is 19.4 Å². The van der Waals surface area contributed by atoms with Crippen LogP contribution in [0.3, 0.4) is 0 Å². The van der Waals surface area contributed by atoms with Crippen molar-refractivity contribution in [1.29, 1.82) is 0 Å². The van der Waals surface area contributed by atoms with Crippen molar-refractivity contribution in [1.82, 2.24) is 4.57 Å². The van der Waals surface area contributed by atoms with Gasteiger partial charge < -0.3 is 14.6 Å². The molecule has 1 fully saturated rings. The second kappa shape index (κ2) is 6.07. The Morgan fingerprint density at radius 1 is 1.08 bits per heavy atom. The molecule has 1 aliphatic rings. The van der Waals surface area contributed by atoms with Gasteiger partial charge in [-0.05, 0) is 11.6 Å². The molecule has 1 aromatic carbocycles. The first-order valence-electron chi connectivity index (χ1n) is 7.80. The smallest absolute Gasteiger partial charge is 0.354 e. The van der Waals surface area contributed by atoms with Crippen molar-refractivity contribution in [2.45, 2.75) is 12.8 Å². The second-order valence-corrected chi connectivity index (χ2v) is 5.58. The number of hydrogen-bond donors (Lipinski definition) is 1. The fourth-order valence-electron chi connectivity index (χ4n) is 2.98. The number of benzene rings is 1. The number of ether oxygens (including phenoxy) is 2. The zero-order valence-corrected chi connectivity index (χ0v) is 13.0. The zero-order valence-electron chi connectivity index (χ0n) is 13.0. The quantitative estimate of drug-likeness (QED) is 0.738. The lowest BCUT2D eigenvalue weighted by Gasteiger charge is -2.12. The van der Waals surface area contributed by atoms with Crippen LogP contribution in [0.25, 0.3) is 16.8 Å². The molecular formula is C18H17N2O4+. The molecule has 0 amide bonds. The number of aromatic nitrogens is 2. The van der Waals surface area contributed by atoms with E-state index in [-0.39, 0.29) is 17.0 Å². The van der Waals surface area contributed by atoms with Crippen LogP contribution in [0.1, 0.15) is 0 Å². The fourth-order valence-corrected chi connectivity index (χ4v) is 2.98. The highest BCUT2D eigenvalue weighted by atomic mass is 16.7. The van der Waals surface area contributed by atoms with Gasteiger partial charge in [-0.1, -0.05) is 36.4 Å². The molecule has 2 aromatic heterocycles. The fraction of sp³-hybridized carbons (Fsp3) is 0.222. The average Bonchev–Trinajstić information content (AvgIpc) is 3.13. The van der Waals surface area contributed by atoms with Gasteiger partial charge in [0, 0.05) is 6.07 Å². The minimum atomic E-state index is -0.439. The van der Waals surface area contributed by atoms with Crippen LogP contribution >= 0.6 is 0 Å². The van der Waals surface area contributed by atoms with Gasteiger partial charge in [0.1, 0.15) is 6.54 Å². The van der Waals surface area contributed by atoms with Crippen LogP contribution in [0.2, 0.25) is 0 Å². The van der Waals surface area contributed by atoms with Gasteiger partial charge >= 0.3 is 5.56 Å². The minimum Gasteiger partial charge on any atom is -0.477 e. The number of pyridine rings is 1. The Kier molecular flexibility index (Phi) is 3.76. The Morgan fingerprint density at radius 2 is 1.79 bits per heavy atom. The average molecular weight is 325 g/mol. The molecule has 0 unspecified atom stereocenters. The highest BCUT2D eigenvalue weighted by Gasteiger charge is 2.28. The molecule has 3 heterocycles. The van der Waals surface area contributed by atoms with Gasteiger partial charge in [-0.2, -0.15) is 8.97 Å². The lowest BCUT2D eigenvalue weighted by Crippen LogP contribution is -2.44. The SMILES string of the molecule is O=c1c(-c2ccccc2)c(O)n(CC2OCCO2)c2cccc[n+]12. The molecule has 1 saturated heterocycles. The van der Waals surface area contributed by atoms with E-state index in [0.717, 1.165) is 0 Å². The van der Waals surface area contributed by atoms with Crippen LogP contribution in [0.5, 0.6) is 5.88 Å². The Morgan fingerprint density at radius 3 is 2.54 bits per heavy atom. The molecule has 4 rings (SSSR count). The number of rotatable bonds is 3. The third-order valence-electron chi connectivity index (χ3n) is 4.11. The van der Waals surface area contributed by atoms with E-state index in [0.29, 0.717) is 31.0 Å². The standard InChI is InChI=1S/C18H16N2O4/c21-17-16(13-6-2-1-3-7-13)18(22)20(12-15-23-10-11-24-15)14-8-4-5-9-19(14)17/h1-9,15H,10-12H2/p+1. The van der Waals surface area contributed by atoms with E-state index in [4.69, 9.17) is 9.47 Å². The number of fused-ring (bicyclic) bond motifs is 1. The van der Waals surface area contributed by atoms with Crippen molar-refractivity contribution in [2.75, 3.05) is 13.2 Å². The van der Waals surface area contributed by atoms with E-state index in [9.17, 15) is 9.90 Å². The normalized spacial score (nSPS) is 15.2. The third kappa shape index (κ3) is 2.46. The van der Waals surface area contributed by atoms with Crippen LogP contribution in [-0.2, 0) is 16.0 Å². The Labute approximate surface area is 138 Å².